The number of nitrogens with two attached hydrogens (primary N) is 1. The van der Waals surface area contributed by atoms with Gasteiger partial charge in [0.05, 0.1) is 6.61 Å². The van der Waals surface area contributed by atoms with Crippen molar-refractivity contribution in [1.29, 1.82) is 0 Å². The molecular formula is C13H15N3O2. The highest BCUT2D eigenvalue weighted by atomic mass is 16.5. The molecule has 0 spiro atoms. The molecule has 94 valence electrons. The molecule has 0 saturated carbocycles. The smallest absolute Gasteiger partial charge is 0.325 e. The number of anilines is 2. The zero-order chi connectivity index (χ0) is 13.0. The molecule has 2 rings (SSSR count). The lowest BCUT2D eigenvalue weighted by Crippen LogP contribution is -2.17. The van der Waals surface area contributed by atoms with Gasteiger partial charge in [0.15, 0.2) is 0 Å². The summed E-state index contributed by atoms with van der Waals surface area (Å²) >= 11 is 0. The molecule has 0 fully saturated rings. The predicted molar refractivity (Wildman–Crippen MR) is 71.3 cm³/mol. The first-order chi connectivity index (χ1) is 8.70. The fraction of sp³-hybridized carbons (Fsp3) is 0.231. The van der Waals surface area contributed by atoms with Crippen molar-refractivity contribution < 1.29 is 9.53 Å². The quantitative estimate of drug-likeness (QED) is 0.634. The van der Waals surface area contributed by atoms with Crippen LogP contribution in [0, 0.1) is 0 Å². The van der Waals surface area contributed by atoms with Crippen LogP contribution in [0.4, 0.5) is 11.5 Å². The molecule has 0 bridgehead atoms. The van der Waals surface area contributed by atoms with Gasteiger partial charge in [-0.15, -0.1) is 0 Å². The molecule has 2 aromatic rings. The number of esters is 1. The maximum atomic E-state index is 11.3. The molecular weight excluding hydrogens is 230 g/mol. The van der Waals surface area contributed by atoms with Crippen molar-refractivity contribution in [2.24, 2.45) is 0 Å². The number of nitrogens with zero attached hydrogens (tertiary/aromatic N) is 1. The van der Waals surface area contributed by atoms with E-state index in [-0.39, 0.29) is 12.5 Å². The Bertz CT molecular complexity index is 569. The number of ether oxygens (including phenoxy) is 1. The first-order valence-corrected chi connectivity index (χ1v) is 5.74. The molecule has 1 heterocycles. The average molecular weight is 245 g/mol. The SMILES string of the molecule is CCOC(=O)CNc1nccc2cc(N)ccc12. The van der Waals surface area contributed by atoms with E-state index < -0.39 is 0 Å². The standard InChI is InChI=1S/C13H15N3O2/c1-2-18-12(17)8-16-13-11-4-3-10(14)7-9(11)5-6-15-13/h3-7H,2,8,14H2,1H3,(H,15,16). The Hall–Kier alpha value is -2.30. The van der Waals surface area contributed by atoms with Gasteiger partial charge in [0, 0.05) is 17.3 Å². The molecule has 1 aromatic carbocycles. The maximum absolute atomic E-state index is 11.3. The number of hydrogen-bond acceptors (Lipinski definition) is 5. The summed E-state index contributed by atoms with van der Waals surface area (Å²) in [5, 5.41) is 4.87. The Kier molecular flexibility index (Phi) is 3.62. The summed E-state index contributed by atoms with van der Waals surface area (Å²) in [6.45, 7) is 2.25. The van der Waals surface area contributed by atoms with Gasteiger partial charge < -0.3 is 15.8 Å². The second kappa shape index (κ2) is 5.35. The number of fused-ring (bicyclic) bond motifs is 1. The monoisotopic (exact) mass is 245 g/mol. The van der Waals surface area contributed by atoms with Gasteiger partial charge in [-0.1, -0.05) is 0 Å². The maximum Gasteiger partial charge on any atom is 0.325 e. The molecule has 0 aliphatic heterocycles. The van der Waals surface area contributed by atoms with E-state index in [0.717, 1.165) is 10.8 Å². The molecule has 1 aromatic heterocycles. The van der Waals surface area contributed by atoms with Gasteiger partial charge in [0.2, 0.25) is 0 Å². The Labute approximate surface area is 105 Å². The lowest BCUT2D eigenvalue weighted by atomic mass is 10.1. The Morgan fingerprint density at radius 2 is 2.28 bits per heavy atom. The summed E-state index contributed by atoms with van der Waals surface area (Å²) in [5.41, 5.74) is 6.42. The fourth-order valence-electron chi connectivity index (χ4n) is 1.71. The van der Waals surface area contributed by atoms with Crippen molar-refractivity contribution >= 4 is 28.2 Å². The number of benzene rings is 1. The Morgan fingerprint density at radius 1 is 1.44 bits per heavy atom. The summed E-state index contributed by atoms with van der Waals surface area (Å²) in [6, 6.07) is 7.43. The van der Waals surface area contributed by atoms with Gasteiger partial charge in [-0.2, -0.15) is 0 Å². The number of hydrogen-bond donors (Lipinski definition) is 2. The summed E-state index contributed by atoms with van der Waals surface area (Å²) < 4.78 is 4.85. The van der Waals surface area contributed by atoms with Crippen LogP contribution in [0.25, 0.3) is 10.8 Å². The third-order valence-electron chi connectivity index (χ3n) is 2.49. The van der Waals surface area contributed by atoms with Gasteiger partial charge in [-0.25, -0.2) is 4.98 Å². The number of nitrogen functional groups attached to an aromatic ring is 1. The summed E-state index contributed by atoms with van der Waals surface area (Å²) in [4.78, 5) is 15.5. The summed E-state index contributed by atoms with van der Waals surface area (Å²) in [5.74, 6) is 0.354. The topological polar surface area (TPSA) is 77.2 Å². The number of carbonyl (C=O) groups excluding carboxylic acids is 1. The van der Waals surface area contributed by atoms with E-state index in [0.29, 0.717) is 18.1 Å². The van der Waals surface area contributed by atoms with E-state index in [1.54, 1.807) is 19.2 Å². The molecule has 0 aliphatic carbocycles. The highest BCUT2D eigenvalue weighted by Crippen LogP contribution is 2.22. The fourth-order valence-corrected chi connectivity index (χ4v) is 1.71. The third kappa shape index (κ3) is 2.68. The van der Waals surface area contributed by atoms with E-state index in [2.05, 4.69) is 10.3 Å². The average Bonchev–Trinajstić information content (AvgIpc) is 2.36. The summed E-state index contributed by atoms with van der Waals surface area (Å²) in [6.07, 6.45) is 1.68. The minimum absolute atomic E-state index is 0.102. The van der Waals surface area contributed by atoms with E-state index in [4.69, 9.17) is 10.5 Å². The van der Waals surface area contributed by atoms with E-state index in [1.807, 2.05) is 18.2 Å². The van der Waals surface area contributed by atoms with Crippen molar-refractivity contribution in [3.8, 4) is 0 Å². The second-order valence-electron chi connectivity index (χ2n) is 3.80. The molecule has 18 heavy (non-hydrogen) atoms. The lowest BCUT2D eigenvalue weighted by molar-refractivity contribution is -0.140. The predicted octanol–water partition coefficient (Wildman–Crippen LogP) is 1.79. The normalized spacial score (nSPS) is 10.3. The van der Waals surface area contributed by atoms with Gasteiger partial charge in [0.25, 0.3) is 0 Å². The van der Waals surface area contributed by atoms with Crippen LogP contribution in [-0.4, -0.2) is 24.1 Å². The van der Waals surface area contributed by atoms with Crippen molar-refractivity contribution in [3.63, 3.8) is 0 Å². The largest absolute Gasteiger partial charge is 0.465 e. The highest BCUT2D eigenvalue weighted by Gasteiger charge is 2.05. The lowest BCUT2D eigenvalue weighted by Gasteiger charge is -2.08. The second-order valence-corrected chi connectivity index (χ2v) is 3.80. The van der Waals surface area contributed by atoms with Crippen LogP contribution in [0.5, 0.6) is 0 Å². The third-order valence-corrected chi connectivity index (χ3v) is 2.49. The highest BCUT2D eigenvalue weighted by molar-refractivity contribution is 5.94. The Balaban J connectivity index is 2.20. The molecule has 0 aliphatic rings. The van der Waals surface area contributed by atoms with Crippen LogP contribution in [0.3, 0.4) is 0 Å². The molecule has 3 N–H and O–H groups in total. The van der Waals surface area contributed by atoms with Gasteiger partial charge >= 0.3 is 5.97 Å². The van der Waals surface area contributed by atoms with Crippen LogP contribution in [0.2, 0.25) is 0 Å². The molecule has 5 nitrogen and oxygen atoms in total. The van der Waals surface area contributed by atoms with Crippen LogP contribution < -0.4 is 11.1 Å². The first-order valence-electron chi connectivity index (χ1n) is 5.74. The molecule has 0 radical (unpaired) electrons. The minimum Gasteiger partial charge on any atom is -0.465 e. The molecule has 0 unspecified atom stereocenters. The van der Waals surface area contributed by atoms with Crippen LogP contribution in [0.1, 0.15) is 6.92 Å². The van der Waals surface area contributed by atoms with Crippen molar-refractivity contribution in [2.45, 2.75) is 6.92 Å². The molecule has 0 amide bonds. The number of rotatable bonds is 4. The van der Waals surface area contributed by atoms with Crippen LogP contribution in [-0.2, 0) is 9.53 Å². The van der Waals surface area contributed by atoms with E-state index in [1.165, 1.54) is 0 Å². The summed E-state index contributed by atoms with van der Waals surface area (Å²) in [7, 11) is 0. The van der Waals surface area contributed by atoms with Crippen LogP contribution in [0.15, 0.2) is 30.5 Å². The van der Waals surface area contributed by atoms with Crippen molar-refractivity contribution in [2.75, 3.05) is 24.2 Å². The van der Waals surface area contributed by atoms with Crippen LogP contribution >= 0.6 is 0 Å². The number of nitrogens with one attached hydrogen (secondary N) is 1. The zero-order valence-electron chi connectivity index (χ0n) is 10.1. The zero-order valence-corrected chi connectivity index (χ0v) is 10.1. The van der Waals surface area contributed by atoms with Gasteiger partial charge in [0.1, 0.15) is 12.4 Å². The molecule has 0 saturated heterocycles. The van der Waals surface area contributed by atoms with Crippen molar-refractivity contribution in [3.05, 3.63) is 30.5 Å². The molecule has 5 heteroatoms. The van der Waals surface area contributed by atoms with Crippen molar-refractivity contribution in [1.82, 2.24) is 4.98 Å². The number of pyridine rings is 1. The number of carbonyl (C=O) groups is 1. The Morgan fingerprint density at radius 3 is 3.06 bits per heavy atom. The van der Waals surface area contributed by atoms with E-state index in [9.17, 15) is 4.79 Å². The van der Waals surface area contributed by atoms with E-state index >= 15 is 0 Å². The van der Waals surface area contributed by atoms with Gasteiger partial charge in [-0.05, 0) is 36.6 Å². The first kappa shape index (κ1) is 12.2. The number of aromatic nitrogens is 1. The van der Waals surface area contributed by atoms with Gasteiger partial charge in [-0.3, -0.25) is 4.79 Å². The minimum atomic E-state index is -0.299. The molecule has 0 atom stereocenters.